The van der Waals surface area contributed by atoms with Gasteiger partial charge in [0.2, 0.25) is 0 Å². The molecule has 1 aromatic heterocycles. The second-order valence-corrected chi connectivity index (χ2v) is 6.77. The number of guanidine groups is 1. The lowest BCUT2D eigenvalue weighted by Gasteiger charge is -2.19. The Morgan fingerprint density at radius 3 is 2.91 bits per heavy atom. The van der Waals surface area contributed by atoms with Gasteiger partial charge in [0, 0.05) is 18.7 Å². The van der Waals surface area contributed by atoms with Crippen LogP contribution in [-0.2, 0) is 19.3 Å². The number of nitrogens with two attached hydrogens (primary N) is 1. The Kier molecular flexibility index (Phi) is 6.76. The van der Waals surface area contributed by atoms with E-state index >= 15 is 0 Å². The summed E-state index contributed by atoms with van der Waals surface area (Å²) in [5, 5.41) is 13.3. The van der Waals surface area contributed by atoms with E-state index in [0.717, 1.165) is 35.0 Å². The number of aromatic nitrogens is 2. The van der Waals surface area contributed by atoms with Crippen LogP contribution >= 0.6 is 35.3 Å². The molecule has 1 heterocycles. The highest BCUT2D eigenvalue weighted by Gasteiger charge is 2.13. The summed E-state index contributed by atoms with van der Waals surface area (Å²) in [5.41, 5.74) is 9.95. The molecule has 7 heteroatoms. The normalized spacial score (nSPS) is 14.0. The van der Waals surface area contributed by atoms with Gasteiger partial charge in [-0.05, 0) is 49.8 Å². The summed E-state index contributed by atoms with van der Waals surface area (Å²) < 4.78 is 0. The zero-order valence-corrected chi connectivity index (χ0v) is 16.4. The molecule has 0 fully saturated rings. The van der Waals surface area contributed by atoms with E-state index in [2.05, 4.69) is 38.7 Å². The molecular weight excluding hydrogens is 421 g/mol. The van der Waals surface area contributed by atoms with E-state index in [-0.39, 0.29) is 24.0 Å². The summed E-state index contributed by atoms with van der Waals surface area (Å²) in [6, 6.07) is 6.38. The average Bonchev–Trinajstić information content (AvgIpc) is 2.93. The van der Waals surface area contributed by atoms with Gasteiger partial charge in [0.15, 0.2) is 5.96 Å². The number of halogens is 1. The van der Waals surface area contributed by atoms with Crippen molar-refractivity contribution in [2.75, 3.05) is 11.9 Å². The quantitative estimate of drug-likeness (QED) is 0.432. The van der Waals surface area contributed by atoms with Gasteiger partial charge in [-0.3, -0.25) is 4.99 Å². The minimum atomic E-state index is 0. The number of rotatable bonds is 4. The molecule has 23 heavy (non-hydrogen) atoms. The average molecular weight is 443 g/mol. The highest BCUT2D eigenvalue weighted by Crippen LogP contribution is 2.27. The second kappa shape index (κ2) is 8.58. The van der Waals surface area contributed by atoms with Crippen molar-refractivity contribution in [1.29, 1.82) is 0 Å². The summed E-state index contributed by atoms with van der Waals surface area (Å²) in [4.78, 5) is 4.40. The first-order valence-electron chi connectivity index (χ1n) is 7.69. The number of nitrogens with one attached hydrogen (secondary N) is 1. The number of benzene rings is 1. The Morgan fingerprint density at radius 2 is 2.13 bits per heavy atom. The maximum Gasteiger partial charge on any atom is 0.193 e. The van der Waals surface area contributed by atoms with Crippen molar-refractivity contribution >= 4 is 47.0 Å². The standard InChI is InChI=1S/C16H21N5S.HI/c1-11-20-21-15(22-11)9-10-18-16(17)19-14-8-4-6-12-5-2-3-7-13(12)14;/h4,6,8H,2-3,5,7,9-10H2,1H3,(H3,17,18,19);1H. The van der Waals surface area contributed by atoms with Gasteiger partial charge in [-0.15, -0.1) is 45.5 Å². The van der Waals surface area contributed by atoms with E-state index in [9.17, 15) is 0 Å². The van der Waals surface area contributed by atoms with Gasteiger partial charge in [-0.2, -0.15) is 0 Å². The Hall–Kier alpha value is -1.22. The van der Waals surface area contributed by atoms with Crippen LogP contribution in [0.4, 0.5) is 5.69 Å². The molecule has 0 saturated carbocycles. The van der Waals surface area contributed by atoms with Crippen LogP contribution in [0.15, 0.2) is 23.2 Å². The number of fused-ring (bicyclic) bond motifs is 1. The maximum atomic E-state index is 6.01. The molecule has 124 valence electrons. The fourth-order valence-corrected chi connectivity index (χ4v) is 3.48. The number of hydrogen-bond acceptors (Lipinski definition) is 4. The van der Waals surface area contributed by atoms with Gasteiger partial charge in [-0.1, -0.05) is 12.1 Å². The monoisotopic (exact) mass is 443 g/mol. The molecule has 0 aliphatic heterocycles. The highest BCUT2D eigenvalue weighted by molar-refractivity contribution is 14.0. The number of aliphatic imine (C=N–C) groups is 1. The maximum absolute atomic E-state index is 6.01. The van der Waals surface area contributed by atoms with Gasteiger partial charge in [-0.25, -0.2) is 0 Å². The van der Waals surface area contributed by atoms with Crippen LogP contribution in [0.1, 0.15) is 34.0 Å². The van der Waals surface area contributed by atoms with Crippen LogP contribution in [-0.4, -0.2) is 22.7 Å². The highest BCUT2D eigenvalue weighted by atomic mass is 127. The van der Waals surface area contributed by atoms with Gasteiger partial charge >= 0.3 is 0 Å². The molecule has 1 aromatic carbocycles. The molecule has 1 aliphatic rings. The van der Waals surface area contributed by atoms with E-state index in [0.29, 0.717) is 12.5 Å². The molecule has 0 radical (unpaired) electrons. The molecule has 3 N–H and O–H groups in total. The van der Waals surface area contributed by atoms with Crippen LogP contribution in [0.2, 0.25) is 0 Å². The number of nitrogens with zero attached hydrogens (tertiary/aromatic N) is 3. The summed E-state index contributed by atoms with van der Waals surface area (Å²) in [5.74, 6) is 0.472. The summed E-state index contributed by atoms with van der Waals surface area (Å²) >= 11 is 1.61. The SMILES string of the molecule is Cc1nnc(CCN=C(N)Nc2cccc3c2CCCC3)s1.I. The van der Waals surface area contributed by atoms with E-state index in [1.165, 1.54) is 24.0 Å². The molecule has 0 bridgehead atoms. The number of aryl methyl sites for hydroxylation is 2. The van der Waals surface area contributed by atoms with Crippen LogP contribution in [0, 0.1) is 6.92 Å². The summed E-state index contributed by atoms with van der Waals surface area (Å²) in [6.07, 6.45) is 5.59. The van der Waals surface area contributed by atoms with Crippen molar-refractivity contribution in [2.24, 2.45) is 10.7 Å². The van der Waals surface area contributed by atoms with Crippen LogP contribution in [0.5, 0.6) is 0 Å². The predicted octanol–water partition coefficient (Wildman–Crippen LogP) is 3.31. The molecule has 0 saturated heterocycles. The van der Waals surface area contributed by atoms with Crippen LogP contribution in [0.25, 0.3) is 0 Å². The molecule has 3 rings (SSSR count). The Bertz CT molecular complexity index is 683. The molecule has 1 aliphatic carbocycles. The Labute approximate surface area is 157 Å². The lowest BCUT2D eigenvalue weighted by molar-refractivity contribution is 0.687. The molecule has 0 atom stereocenters. The molecular formula is C16H22IN5S. The van der Waals surface area contributed by atoms with Gasteiger partial charge < -0.3 is 11.1 Å². The molecule has 0 unspecified atom stereocenters. The zero-order valence-electron chi connectivity index (χ0n) is 13.2. The molecule has 2 aromatic rings. The third kappa shape index (κ3) is 4.87. The topological polar surface area (TPSA) is 76.2 Å². The third-order valence-electron chi connectivity index (χ3n) is 3.83. The summed E-state index contributed by atoms with van der Waals surface area (Å²) in [6.45, 7) is 2.58. The van der Waals surface area contributed by atoms with Crippen LogP contribution < -0.4 is 11.1 Å². The third-order valence-corrected chi connectivity index (χ3v) is 4.73. The van der Waals surface area contributed by atoms with Crippen molar-refractivity contribution < 1.29 is 0 Å². The van der Waals surface area contributed by atoms with E-state index in [4.69, 9.17) is 5.73 Å². The minimum Gasteiger partial charge on any atom is -0.370 e. The van der Waals surface area contributed by atoms with Crippen molar-refractivity contribution in [3.63, 3.8) is 0 Å². The molecule has 5 nitrogen and oxygen atoms in total. The first-order valence-corrected chi connectivity index (χ1v) is 8.51. The van der Waals surface area contributed by atoms with Crippen molar-refractivity contribution in [3.05, 3.63) is 39.3 Å². The van der Waals surface area contributed by atoms with E-state index in [1.807, 2.05) is 6.92 Å². The fourth-order valence-electron chi connectivity index (χ4n) is 2.79. The first-order chi connectivity index (χ1) is 10.7. The van der Waals surface area contributed by atoms with Crippen molar-refractivity contribution in [3.8, 4) is 0 Å². The van der Waals surface area contributed by atoms with Crippen molar-refractivity contribution in [1.82, 2.24) is 10.2 Å². The van der Waals surface area contributed by atoms with Gasteiger partial charge in [0.1, 0.15) is 10.0 Å². The predicted molar refractivity (Wildman–Crippen MR) is 107 cm³/mol. The Balaban J connectivity index is 0.00000192. The fraction of sp³-hybridized carbons (Fsp3) is 0.438. The first kappa shape index (κ1) is 18.1. The zero-order chi connectivity index (χ0) is 15.4. The number of hydrogen-bond donors (Lipinski definition) is 2. The lowest BCUT2D eigenvalue weighted by Crippen LogP contribution is -2.24. The van der Waals surface area contributed by atoms with E-state index < -0.39 is 0 Å². The minimum absolute atomic E-state index is 0. The molecule has 0 amide bonds. The Morgan fingerprint density at radius 1 is 1.30 bits per heavy atom. The van der Waals surface area contributed by atoms with Crippen molar-refractivity contribution in [2.45, 2.75) is 39.0 Å². The largest absolute Gasteiger partial charge is 0.370 e. The molecule has 0 spiro atoms. The smallest absolute Gasteiger partial charge is 0.193 e. The van der Waals surface area contributed by atoms with Gasteiger partial charge in [0.05, 0.1) is 0 Å². The van der Waals surface area contributed by atoms with Crippen LogP contribution in [0.3, 0.4) is 0 Å². The number of anilines is 1. The van der Waals surface area contributed by atoms with E-state index in [1.54, 1.807) is 11.3 Å². The van der Waals surface area contributed by atoms with Gasteiger partial charge in [0.25, 0.3) is 0 Å². The summed E-state index contributed by atoms with van der Waals surface area (Å²) in [7, 11) is 0. The second-order valence-electron chi connectivity index (χ2n) is 5.51. The lowest BCUT2D eigenvalue weighted by atomic mass is 9.90.